The van der Waals surface area contributed by atoms with Gasteiger partial charge in [0.15, 0.2) is 0 Å². The Balaban J connectivity index is 1.40. The number of rotatable bonds is 5. The molecular weight excluding hydrogens is 352 g/mol. The van der Waals surface area contributed by atoms with Crippen LogP contribution in [0, 0.1) is 5.92 Å². The van der Waals surface area contributed by atoms with Crippen molar-refractivity contribution in [1.29, 1.82) is 0 Å². The summed E-state index contributed by atoms with van der Waals surface area (Å²) in [6, 6.07) is 20.8. The Hall–Kier alpha value is -3.41. The van der Waals surface area contributed by atoms with Gasteiger partial charge in [0, 0.05) is 24.8 Å². The Kier molecular flexibility index (Phi) is 5.19. The molecule has 3 aromatic rings. The first-order valence-corrected chi connectivity index (χ1v) is 9.41. The van der Waals surface area contributed by atoms with Gasteiger partial charge in [-0.05, 0) is 24.1 Å². The number of benzene rings is 2. The molecule has 1 saturated heterocycles. The van der Waals surface area contributed by atoms with Crippen molar-refractivity contribution in [3.63, 3.8) is 0 Å². The van der Waals surface area contributed by atoms with Gasteiger partial charge in [-0.25, -0.2) is 4.68 Å². The van der Waals surface area contributed by atoms with Gasteiger partial charge < -0.3 is 10.2 Å². The summed E-state index contributed by atoms with van der Waals surface area (Å²) in [6.07, 6.45) is 2.47. The van der Waals surface area contributed by atoms with E-state index in [0.29, 0.717) is 13.1 Å². The van der Waals surface area contributed by atoms with Gasteiger partial charge in [0.1, 0.15) is 0 Å². The number of anilines is 2. The van der Waals surface area contributed by atoms with E-state index in [1.165, 1.54) is 4.68 Å². The van der Waals surface area contributed by atoms with Crippen molar-refractivity contribution in [2.24, 2.45) is 5.92 Å². The summed E-state index contributed by atoms with van der Waals surface area (Å²) in [5.74, 6) is -0.0916. The van der Waals surface area contributed by atoms with Crippen LogP contribution in [0.15, 0.2) is 77.7 Å². The van der Waals surface area contributed by atoms with Crippen LogP contribution in [-0.2, 0) is 11.3 Å². The Morgan fingerprint density at radius 3 is 2.50 bits per heavy atom. The molecule has 1 fully saturated rings. The maximum absolute atomic E-state index is 12.5. The number of nitrogens with zero attached hydrogens (tertiary/aromatic N) is 3. The third-order valence-electron chi connectivity index (χ3n) is 5.00. The van der Waals surface area contributed by atoms with Gasteiger partial charge in [-0.15, -0.1) is 0 Å². The fraction of sp³-hybridized carbons (Fsp3) is 0.227. The van der Waals surface area contributed by atoms with E-state index in [1.807, 2.05) is 60.7 Å². The smallest absolute Gasteiger partial charge is 0.269 e. The maximum atomic E-state index is 12.5. The predicted molar refractivity (Wildman–Crippen MR) is 109 cm³/mol. The summed E-state index contributed by atoms with van der Waals surface area (Å²) in [7, 11) is 0. The lowest BCUT2D eigenvalue weighted by atomic mass is 10.1. The molecule has 0 saturated carbocycles. The van der Waals surface area contributed by atoms with Crippen LogP contribution in [0.2, 0.25) is 0 Å². The predicted octanol–water partition coefficient (Wildman–Crippen LogP) is 2.76. The van der Waals surface area contributed by atoms with E-state index in [1.54, 1.807) is 12.3 Å². The van der Waals surface area contributed by atoms with Crippen molar-refractivity contribution in [2.45, 2.75) is 13.0 Å². The fourth-order valence-electron chi connectivity index (χ4n) is 3.45. The summed E-state index contributed by atoms with van der Waals surface area (Å²) in [4.78, 5) is 27.0. The molecule has 2 heterocycles. The van der Waals surface area contributed by atoms with Gasteiger partial charge in [-0.3, -0.25) is 9.59 Å². The van der Waals surface area contributed by atoms with E-state index in [9.17, 15) is 9.59 Å². The topological polar surface area (TPSA) is 67.2 Å². The molecule has 4 rings (SSSR count). The van der Waals surface area contributed by atoms with Gasteiger partial charge in [0.25, 0.3) is 5.56 Å². The molecule has 1 aliphatic rings. The van der Waals surface area contributed by atoms with Crippen LogP contribution < -0.4 is 15.8 Å². The molecule has 6 heteroatoms. The Morgan fingerprint density at radius 1 is 1.07 bits per heavy atom. The van der Waals surface area contributed by atoms with Gasteiger partial charge in [0.05, 0.1) is 24.3 Å². The lowest BCUT2D eigenvalue weighted by Gasteiger charge is -2.18. The molecule has 6 nitrogen and oxygen atoms in total. The molecule has 28 heavy (non-hydrogen) atoms. The van der Waals surface area contributed by atoms with E-state index in [2.05, 4.69) is 15.3 Å². The van der Waals surface area contributed by atoms with Gasteiger partial charge in [0.2, 0.25) is 5.91 Å². The lowest BCUT2D eigenvalue weighted by Crippen LogP contribution is -2.29. The molecule has 1 atom stereocenters. The van der Waals surface area contributed by atoms with E-state index in [4.69, 9.17) is 0 Å². The second kappa shape index (κ2) is 8.08. The highest BCUT2D eigenvalue weighted by atomic mass is 16.2. The summed E-state index contributed by atoms with van der Waals surface area (Å²) in [5, 5.41) is 7.27. The molecule has 0 aliphatic carbocycles. The third kappa shape index (κ3) is 4.11. The van der Waals surface area contributed by atoms with E-state index < -0.39 is 0 Å². The monoisotopic (exact) mass is 374 g/mol. The molecule has 1 N–H and O–H groups in total. The quantitative estimate of drug-likeness (QED) is 0.746. The van der Waals surface area contributed by atoms with E-state index >= 15 is 0 Å². The van der Waals surface area contributed by atoms with Crippen molar-refractivity contribution in [3.8, 4) is 0 Å². The molecule has 0 bridgehead atoms. The number of carbonyl (C=O) groups is 1. The molecule has 1 aromatic heterocycles. The SMILES string of the molecule is O=C(Nc1ccccc1)C1CCN(c2cnn(Cc3ccccc3)c(=O)c2)C1. The Morgan fingerprint density at radius 2 is 1.79 bits per heavy atom. The average molecular weight is 374 g/mol. The summed E-state index contributed by atoms with van der Waals surface area (Å²) in [5.41, 5.74) is 2.46. The van der Waals surface area contributed by atoms with Gasteiger partial charge in [-0.2, -0.15) is 5.10 Å². The molecule has 0 spiro atoms. The van der Waals surface area contributed by atoms with Crippen LogP contribution >= 0.6 is 0 Å². The van der Waals surface area contributed by atoms with Crippen LogP contribution in [0.4, 0.5) is 11.4 Å². The summed E-state index contributed by atoms with van der Waals surface area (Å²) in [6.45, 7) is 1.77. The van der Waals surface area contributed by atoms with Crippen molar-refractivity contribution >= 4 is 17.3 Å². The van der Waals surface area contributed by atoms with Crippen LogP contribution in [0.1, 0.15) is 12.0 Å². The minimum absolute atomic E-state index is 0.0130. The largest absolute Gasteiger partial charge is 0.369 e. The normalized spacial score (nSPS) is 16.1. The van der Waals surface area contributed by atoms with Crippen molar-refractivity contribution in [3.05, 3.63) is 88.8 Å². The minimum atomic E-state index is -0.140. The second-order valence-electron chi connectivity index (χ2n) is 6.98. The first-order chi connectivity index (χ1) is 13.7. The second-order valence-corrected chi connectivity index (χ2v) is 6.98. The first kappa shape index (κ1) is 18.0. The molecule has 1 amide bonds. The number of hydrogen-bond acceptors (Lipinski definition) is 4. The lowest BCUT2D eigenvalue weighted by molar-refractivity contribution is -0.119. The number of para-hydroxylation sites is 1. The zero-order valence-electron chi connectivity index (χ0n) is 15.5. The van der Waals surface area contributed by atoms with Gasteiger partial charge in [-0.1, -0.05) is 48.5 Å². The van der Waals surface area contributed by atoms with Crippen LogP contribution in [0.3, 0.4) is 0 Å². The molecule has 2 aromatic carbocycles. The van der Waals surface area contributed by atoms with Crippen LogP contribution in [0.25, 0.3) is 0 Å². The number of nitrogens with one attached hydrogen (secondary N) is 1. The fourth-order valence-corrected chi connectivity index (χ4v) is 3.45. The number of hydrogen-bond donors (Lipinski definition) is 1. The highest BCUT2D eigenvalue weighted by Gasteiger charge is 2.29. The maximum Gasteiger partial charge on any atom is 0.269 e. The standard InChI is InChI=1S/C22H22N4O2/c27-21-13-20(14-23-26(21)15-17-7-3-1-4-8-17)25-12-11-18(16-25)22(28)24-19-9-5-2-6-10-19/h1-10,13-14,18H,11-12,15-16H2,(H,24,28). The van der Waals surface area contributed by atoms with E-state index in [0.717, 1.165) is 29.9 Å². The average Bonchev–Trinajstić information content (AvgIpc) is 3.22. The Bertz CT molecular complexity index is 1000. The summed E-state index contributed by atoms with van der Waals surface area (Å²) < 4.78 is 1.45. The van der Waals surface area contributed by atoms with Crippen LogP contribution in [-0.4, -0.2) is 28.8 Å². The zero-order chi connectivity index (χ0) is 19.3. The molecule has 0 radical (unpaired) electrons. The van der Waals surface area contributed by atoms with Gasteiger partial charge >= 0.3 is 0 Å². The first-order valence-electron chi connectivity index (χ1n) is 9.41. The highest BCUT2D eigenvalue weighted by molar-refractivity contribution is 5.93. The third-order valence-corrected chi connectivity index (χ3v) is 5.00. The Labute approximate surface area is 163 Å². The number of amides is 1. The molecule has 1 unspecified atom stereocenters. The highest BCUT2D eigenvalue weighted by Crippen LogP contribution is 2.23. The number of aromatic nitrogens is 2. The number of carbonyl (C=O) groups excluding carboxylic acids is 1. The minimum Gasteiger partial charge on any atom is -0.369 e. The molecule has 1 aliphatic heterocycles. The van der Waals surface area contributed by atoms with Crippen molar-refractivity contribution < 1.29 is 4.79 Å². The van der Waals surface area contributed by atoms with Crippen LogP contribution in [0.5, 0.6) is 0 Å². The van der Waals surface area contributed by atoms with Crippen molar-refractivity contribution in [2.75, 3.05) is 23.3 Å². The summed E-state index contributed by atoms with van der Waals surface area (Å²) >= 11 is 0. The molecular formula is C22H22N4O2. The zero-order valence-corrected chi connectivity index (χ0v) is 15.5. The molecule has 142 valence electrons. The van der Waals surface area contributed by atoms with Crippen molar-refractivity contribution in [1.82, 2.24) is 9.78 Å². The van der Waals surface area contributed by atoms with E-state index in [-0.39, 0.29) is 17.4 Å².